The van der Waals surface area contributed by atoms with Crippen LogP contribution in [0.4, 0.5) is 5.82 Å². The van der Waals surface area contributed by atoms with E-state index >= 15 is 0 Å². The van der Waals surface area contributed by atoms with Gasteiger partial charge in [0.1, 0.15) is 5.82 Å². The minimum absolute atomic E-state index is 0.00533. The number of rotatable bonds is 2. The SMILES string of the molecule is Nc1cc(C(=O)N2CCCC2)cc2nc(-c3ccco3)nn12. The lowest BCUT2D eigenvalue weighted by Gasteiger charge is -2.15. The number of anilines is 1. The number of nitrogens with zero attached hydrogens (tertiary/aromatic N) is 4. The van der Waals surface area contributed by atoms with E-state index in [0.717, 1.165) is 25.9 Å². The molecule has 3 aromatic rings. The van der Waals surface area contributed by atoms with Crippen LogP contribution in [0.25, 0.3) is 17.2 Å². The highest BCUT2D eigenvalue weighted by Crippen LogP contribution is 2.21. The van der Waals surface area contributed by atoms with E-state index in [1.54, 1.807) is 30.5 Å². The summed E-state index contributed by atoms with van der Waals surface area (Å²) in [6, 6.07) is 6.92. The summed E-state index contributed by atoms with van der Waals surface area (Å²) in [4.78, 5) is 18.7. The van der Waals surface area contributed by atoms with Crippen molar-refractivity contribution in [3.8, 4) is 11.6 Å². The zero-order valence-electron chi connectivity index (χ0n) is 11.9. The average Bonchev–Trinajstić information content (AvgIpc) is 3.25. The number of nitrogens with two attached hydrogens (primary N) is 1. The Kier molecular flexibility index (Phi) is 2.85. The molecule has 4 rings (SSSR count). The van der Waals surface area contributed by atoms with Crippen molar-refractivity contribution in [3.63, 3.8) is 0 Å². The first kappa shape index (κ1) is 12.9. The van der Waals surface area contributed by atoms with Gasteiger partial charge in [0.05, 0.1) is 6.26 Å². The first-order chi connectivity index (χ1) is 10.7. The van der Waals surface area contributed by atoms with E-state index < -0.39 is 0 Å². The van der Waals surface area contributed by atoms with E-state index in [2.05, 4.69) is 10.1 Å². The van der Waals surface area contributed by atoms with Crippen LogP contribution >= 0.6 is 0 Å². The minimum Gasteiger partial charge on any atom is -0.461 e. The third-order valence-corrected chi connectivity index (χ3v) is 3.85. The van der Waals surface area contributed by atoms with Gasteiger partial charge < -0.3 is 15.1 Å². The average molecular weight is 297 g/mol. The number of aromatic nitrogens is 3. The summed E-state index contributed by atoms with van der Waals surface area (Å²) in [5.41, 5.74) is 7.10. The summed E-state index contributed by atoms with van der Waals surface area (Å²) in [5, 5.41) is 4.31. The highest BCUT2D eigenvalue weighted by molar-refractivity contribution is 5.96. The number of pyridine rings is 1. The van der Waals surface area contributed by atoms with Gasteiger partial charge in [0.15, 0.2) is 11.4 Å². The zero-order valence-corrected chi connectivity index (χ0v) is 11.9. The standard InChI is InChI=1S/C15H15N5O2/c16-12-8-10(15(21)19-5-1-2-6-19)9-13-17-14(18-20(12)13)11-4-3-7-22-11/h3-4,7-9H,1-2,5-6,16H2. The molecule has 0 bridgehead atoms. The quantitative estimate of drug-likeness (QED) is 0.779. The van der Waals surface area contributed by atoms with Gasteiger partial charge in [-0.3, -0.25) is 4.79 Å². The highest BCUT2D eigenvalue weighted by atomic mass is 16.3. The molecule has 0 aliphatic carbocycles. The van der Waals surface area contributed by atoms with Crippen LogP contribution in [-0.2, 0) is 0 Å². The van der Waals surface area contributed by atoms with Crippen LogP contribution in [0.3, 0.4) is 0 Å². The second-order valence-corrected chi connectivity index (χ2v) is 5.35. The van der Waals surface area contributed by atoms with Crippen LogP contribution in [0.2, 0.25) is 0 Å². The van der Waals surface area contributed by atoms with Crippen LogP contribution in [0.5, 0.6) is 0 Å². The summed E-state index contributed by atoms with van der Waals surface area (Å²) in [5.74, 6) is 1.39. The largest absolute Gasteiger partial charge is 0.461 e. The summed E-state index contributed by atoms with van der Waals surface area (Å²) in [7, 11) is 0. The highest BCUT2D eigenvalue weighted by Gasteiger charge is 2.21. The maximum absolute atomic E-state index is 12.5. The van der Waals surface area contributed by atoms with Gasteiger partial charge in [-0.05, 0) is 37.1 Å². The van der Waals surface area contributed by atoms with Crippen LogP contribution in [-0.4, -0.2) is 38.5 Å². The Hall–Kier alpha value is -2.83. The van der Waals surface area contributed by atoms with Crippen LogP contribution < -0.4 is 5.73 Å². The molecule has 2 N–H and O–H groups in total. The predicted molar refractivity (Wildman–Crippen MR) is 80.2 cm³/mol. The molecule has 0 atom stereocenters. The number of carbonyl (C=O) groups is 1. The van der Waals surface area contributed by atoms with Crippen LogP contribution in [0.15, 0.2) is 34.9 Å². The third kappa shape index (κ3) is 2.02. The second-order valence-electron chi connectivity index (χ2n) is 5.35. The number of nitrogen functional groups attached to an aromatic ring is 1. The Morgan fingerprint density at radius 1 is 1.27 bits per heavy atom. The Labute approximate surface area is 126 Å². The topological polar surface area (TPSA) is 89.7 Å². The molecular formula is C15H15N5O2. The molecule has 1 fully saturated rings. The lowest BCUT2D eigenvalue weighted by atomic mass is 10.2. The van der Waals surface area contributed by atoms with Gasteiger partial charge in [-0.15, -0.1) is 5.10 Å². The predicted octanol–water partition coefficient (Wildman–Crippen LogP) is 1.81. The van der Waals surface area contributed by atoms with E-state index in [1.807, 2.05) is 4.90 Å². The van der Waals surface area contributed by atoms with Crippen LogP contribution in [0.1, 0.15) is 23.2 Å². The molecule has 22 heavy (non-hydrogen) atoms. The summed E-state index contributed by atoms with van der Waals surface area (Å²) in [6.45, 7) is 1.60. The Morgan fingerprint density at radius 2 is 2.09 bits per heavy atom. The zero-order chi connectivity index (χ0) is 15.1. The lowest BCUT2D eigenvalue weighted by Crippen LogP contribution is -2.27. The summed E-state index contributed by atoms with van der Waals surface area (Å²) < 4.78 is 6.81. The lowest BCUT2D eigenvalue weighted by molar-refractivity contribution is 0.0793. The molecular weight excluding hydrogens is 282 g/mol. The second kappa shape index (κ2) is 4.87. The smallest absolute Gasteiger partial charge is 0.254 e. The van der Waals surface area contributed by atoms with Gasteiger partial charge in [0.25, 0.3) is 5.91 Å². The van der Waals surface area contributed by atoms with Gasteiger partial charge in [0.2, 0.25) is 5.82 Å². The van der Waals surface area contributed by atoms with Gasteiger partial charge in [0, 0.05) is 18.7 Å². The van der Waals surface area contributed by atoms with Crippen molar-refractivity contribution in [1.29, 1.82) is 0 Å². The van der Waals surface area contributed by atoms with Crippen molar-refractivity contribution in [2.24, 2.45) is 0 Å². The molecule has 0 aromatic carbocycles. The fourth-order valence-electron chi connectivity index (χ4n) is 2.75. The Balaban J connectivity index is 1.77. The molecule has 1 saturated heterocycles. The molecule has 0 spiro atoms. The first-order valence-electron chi connectivity index (χ1n) is 7.22. The fraction of sp³-hybridized carbons (Fsp3) is 0.267. The number of hydrogen-bond acceptors (Lipinski definition) is 5. The molecule has 0 radical (unpaired) electrons. The maximum Gasteiger partial charge on any atom is 0.254 e. The fourth-order valence-corrected chi connectivity index (χ4v) is 2.75. The number of fused-ring (bicyclic) bond motifs is 1. The van der Waals surface area contributed by atoms with Crippen molar-refractivity contribution >= 4 is 17.4 Å². The van der Waals surface area contributed by atoms with Crippen molar-refractivity contribution in [2.75, 3.05) is 18.8 Å². The van der Waals surface area contributed by atoms with E-state index in [-0.39, 0.29) is 5.91 Å². The molecule has 7 heteroatoms. The molecule has 0 saturated carbocycles. The molecule has 1 aliphatic rings. The van der Waals surface area contributed by atoms with E-state index in [9.17, 15) is 4.79 Å². The van der Waals surface area contributed by atoms with Gasteiger partial charge in [-0.1, -0.05) is 0 Å². The van der Waals surface area contributed by atoms with E-state index in [0.29, 0.717) is 28.6 Å². The Bertz CT molecular complexity index is 831. The van der Waals surface area contributed by atoms with E-state index in [1.165, 1.54) is 4.52 Å². The van der Waals surface area contributed by atoms with E-state index in [4.69, 9.17) is 10.2 Å². The molecule has 7 nitrogen and oxygen atoms in total. The Morgan fingerprint density at radius 3 is 2.82 bits per heavy atom. The first-order valence-corrected chi connectivity index (χ1v) is 7.22. The van der Waals surface area contributed by atoms with Crippen LogP contribution in [0, 0.1) is 0 Å². The normalized spacial score (nSPS) is 14.8. The molecule has 1 aliphatic heterocycles. The van der Waals surface area contributed by atoms with Gasteiger partial charge >= 0.3 is 0 Å². The molecule has 112 valence electrons. The summed E-state index contributed by atoms with van der Waals surface area (Å²) >= 11 is 0. The molecule has 3 aromatic heterocycles. The van der Waals surface area contributed by atoms with Crippen molar-refractivity contribution < 1.29 is 9.21 Å². The maximum atomic E-state index is 12.5. The number of furan rings is 1. The number of carbonyl (C=O) groups excluding carboxylic acids is 1. The third-order valence-electron chi connectivity index (χ3n) is 3.85. The minimum atomic E-state index is -0.00533. The molecule has 0 unspecified atom stereocenters. The van der Waals surface area contributed by atoms with Crippen molar-refractivity contribution in [2.45, 2.75) is 12.8 Å². The molecule has 4 heterocycles. The van der Waals surface area contributed by atoms with Gasteiger partial charge in [-0.2, -0.15) is 4.52 Å². The number of likely N-dealkylation sites (tertiary alicyclic amines) is 1. The van der Waals surface area contributed by atoms with Crippen molar-refractivity contribution in [3.05, 3.63) is 36.1 Å². The van der Waals surface area contributed by atoms with Crippen molar-refractivity contribution in [1.82, 2.24) is 19.5 Å². The van der Waals surface area contributed by atoms with Gasteiger partial charge in [-0.25, -0.2) is 4.98 Å². The monoisotopic (exact) mass is 297 g/mol. The molecule has 1 amide bonds. The summed E-state index contributed by atoms with van der Waals surface area (Å²) in [6.07, 6.45) is 3.67. The number of hydrogen-bond donors (Lipinski definition) is 1. The number of amides is 1.